The van der Waals surface area contributed by atoms with E-state index in [1.165, 1.54) is 0 Å². The summed E-state index contributed by atoms with van der Waals surface area (Å²) in [5.41, 5.74) is 6.62. The van der Waals surface area contributed by atoms with Gasteiger partial charge >= 0.3 is 0 Å². The summed E-state index contributed by atoms with van der Waals surface area (Å²) in [7, 11) is 0. The van der Waals surface area contributed by atoms with Crippen LogP contribution < -0.4 is 11.1 Å². The first kappa shape index (κ1) is 9.92. The van der Waals surface area contributed by atoms with E-state index in [0.717, 1.165) is 19.4 Å². The molecule has 1 fully saturated rings. The van der Waals surface area contributed by atoms with Crippen molar-refractivity contribution in [1.82, 2.24) is 5.32 Å². The topological polar surface area (TPSA) is 81.2 Å². The standard InChI is InChI=1S/C10H13N3O2/c11-8-4-1-3-7(10(8)13(14)15)9-5-2-6-12-9/h1,3-4,9,12H,2,5-6,11H2. The Bertz CT molecular complexity index is 386. The third kappa shape index (κ3) is 1.78. The molecule has 15 heavy (non-hydrogen) atoms. The Hall–Kier alpha value is -1.62. The number of hydrogen-bond acceptors (Lipinski definition) is 4. The van der Waals surface area contributed by atoms with Gasteiger partial charge < -0.3 is 11.1 Å². The maximum atomic E-state index is 10.9. The molecule has 0 aromatic heterocycles. The fraction of sp³-hybridized carbons (Fsp3) is 0.400. The maximum absolute atomic E-state index is 10.9. The van der Waals surface area contributed by atoms with Gasteiger partial charge in [-0.25, -0.2) is 0 Å². The molecule has 1 atom stereocenters. The number of nitrogens with one attached hydrogen (secondary N) is 1. The second-order valence-electron chi connectivity index (χ2n) is 3.69. The zero-order valence-electron chi connectivity index (χ0n) is 8.27. The molecule has 1 heterocycles. The number of nitrogens with two attached hydrogens (primary N) is 1. The van der Waals surface area contributed by atoms with Gasteiger partial charge in [0, 0.05) is 11.6 Å². The fourth-order valence-electron chi connectivity index (χ4n) is 2.02. The second-order valence-corrected chi connectivity index (χ2v) is 3.69. The molecule has 1 unspecified atom stereocenters. The molecule has 0 saturated carbocycles. The number of nitro benzene ring substituents is 1. The molecule has 5 nitrogen and oxygen atoms in total. The molecule has 0 bridgehead atoms. The second kappa shape index (κ2) is 3.86. The first-order chi connectivity index (χ1) is 7.20. The molecular formula is C10H13N3O2. The molecule has 3 N–H and O–H groups in total. The number of rotatable bonds is 2. The van der Waals surface area contributed by atoms with Gasteiger partial charge in [-0.1, -0.05) is 12.1 Å². The Morgan fingerprint density at radius 3 is 2.93 bits per heavy atom. The van der Waals surface area contributed by atoms with Crippen molar-refractivity contribution in [3.63, 3.8) is 0 Å². The molecule has 2 rings (SSSR count). The van der Waals surface area contributed by atoms with Gasteiger partial charge in [-0.2, -0.15) is 0 Å². The molecule has 0 radical (unpaired) electrons. The third-order valence-corrected chi connectivity index (χ3v) is 2.72. The smallest absolute Gasteiger partial charge is 0.296 e. The van der Waals surface area contributed by atoms with Gasteiger partial charge in [0.15, 0.2) is 0 Å². The van der Waals surface area contributed by atoms with Gasteiger partial charge in [0.25, 0.3) is 5.69 Å². The van der Waals surface area contributed by atoms with Crippen LogP contribution in [-0.4, -0.2) is 11.5 Å². The zero-order chi connectivity index (χ0) is 10.8. The average molecular weight is 207 g/mol. The predicted molar refractivity (Wildman–Crippen MR) is 57.5 cm³/mol. The Morgan fingerprint density at radius 2 is 2.33 bits per heavy atom. The Labute approximate surface area is 87.4 Å². The molecule has 1 aromatic carbocycles. The van der Waals surface area contributed by atoms with E-state index in [4.69, 9.17) is 5.73 Å². The summed E-state index contributed by atoms with van der Waals surface area (Å²) in [6.07, 6.45) is 1.99. The summed E-state index contributed by atoms with van der Waals surface area (Å²) in [4.78, 5) is 10.5. The highest BCUT2D eigenvalue weighted by molar-refractivity contribution is 5.63. The lowest BCUT2D eigenvalue weighted by atomic mass is 10.0. The largest absolute Gasteiger partial charge is 0.393 e. The Balaban J connectivity index is 2.45. The minimum Gasteiger partial charge on any atom is -0.393 e. The molecule has 1 saturated heterocycles. The average Bonchev–Trinajstić information content (AvgIpc) is 2.69. The van der Waals surface area contributed by atoms with Gasteiger partial charge in [-0.15, -0.1) is 0 Å². The Morgan fingerprint density at radius 1 is 1.53 bits per heavy atom. The van der Waals surface area contributed by atoms with Crippen molar-refractivity contribution < 1.29 is 4.92 Å². The van der Waals surface area contributed by atoms with Crippen molar-refractivity contribution in [1.29, 1.82) is 0 Å². The molecule has 1 aromatic rings. The van der Waals surface area contributed by atoms with Gasteiger partial charge in [-0.3, -0.25) is 10.1 Å². The van der Waals surface area contributed by atoms with Gasteiger partial charge in [-0.05, 0) is 25.5 Å². The summed E-state index contributed by atoms with van der Waals surface area (Å²) in [6.45, 7) is 0.913. The molecule has 80 valence electrons. The molecule has 0 spiro atoms. The van der Waals surface area contributed by atoms with Crippen LogP contribution in [0.15, 0.2) is 18.2 Å². The minimum atomic E-state index is -0.398. The lowest BCUT2D eigenvalue weighted by molar-refractivity contribution is -0.384. The highest BCUT2D eigenvalue weighted by Crippen LogP contribution is 2.34. The predicted octanol–water partition coefficient (Wildman–Crippen LogP) is 1.60. The summed E-state index contributed by atoms with van der Waals surface area (Å²) >= 11 is 0. The lowest BCUT2D eigenvalue weighted by Crippen LogP contribution is -2.15. The van der Waals surface area contributed by atoms with Gasteiger partial charge in [0.1, 0.15) is 5.69 Å². The van der Waals surface area contributed by atoms with Crippen LogP contribution >= 0.6 is 0 Å². The number of nitro groups is 1. The number of nitrogens with zero attached hydrogens (tertiary/aromatic N) is 1. The van der Waals surface area contributed by atoms with Crippen LogP contribution in [-0.2, 0) is 0 Å². The molecule has 5 heteroatoms. The quantitative estimate of drug-likeness (QED) is 0.438. The highest BCUT2D eigenvalue weighted by Gasteiger charge is 2.26. The Kier molecular flexibility index (Phi) is 2.55. The monoisotopic (exact) mass is 207 g/mol. The van der Waals surface area contributed by atoms with E-state index in [1.807, 2.05) is 0 Å². The van der Waals surface area contributed by atoms with Crippen LogP contribution in [0, 0.1) is 10.1 Å². The van der Waals surface area contributed by atoms with Crippen molar-refractivity contribution in [3.05, 3.63) is 33.9 Å². The van der Waals surface area contributed by atoms with Crippen LogP contribution in [0.1, 0.15) is 24.4 Å². The third-order valence-electron chi connectivity index (χ3n) is 2.72. The van der Waals surface area contributed by atoms with Crippen LogP contribution in [0.4, 0.5) is 11.4 Å². The number of benzene rings is 1. The first-order valence-corrected chi connectivity index (χ1v) is 4.96. The van der Waals surface area contributed by atoms with E-state index in [0.29, 0.717) is 5.56 Å². The van der Waals surface area contributed by atoms with Gasteiger partial charge in [0.05, 0.1) is 4.92 Å². The molecule has 0 amide bonds. The van der Waals surface area contributed by atoms with Crippen molar-refractivity contribution >= 4 is 11.4 Å². The summed E-state index contributed by atoms with van der Waals surface area (Å²) in [6, 6.07) is 5.18. The molecule has 1 aliphatic rings. The van der Waals surface area contributed by atoms with E-state index in [9.17, 15) is 10.1 Å². The van der Waals surface area contributed by atoms with Crippen molar-refractivity contribution in [2.24, 2.45) is 0 Å². The minimum absolute atomic E-state index is 0.0527. The molecule has 1 aliphatic heterocycles. The highest BCUT2D eigenvalue weighted by atomic mass is 16.6. The van der Waals surface area contributed by atoms with Crippen LogP contribution in [0.25, 0.3) is 0 Å². The van der Waals surface area contributed by atoms with Crippen molar-refractivity contribution in [2.75, 3.05) is 12.3 Å². The van der Waals surface area contributed by atoms with Crippen LogP contribution in [0.5, 0.6) is 0 Å². The van der Waals surface area contributed by atoms with E-state index >= 15 is 0 Å². The molecule has 0 aliphatic carbocycles. The van der Waals surface area contributed by atoms with E-state index in [1.54, 1.807) is 18.2 Å². The van der Waals surface area contributed by atoms with Crippen molar-refractivity contribution in [2.45, 2.75) is 18.9 Å². The first-order valence-electron chi connectivity index (χ1n) is 4.96. The fourth-order valence-corrected chi connectivity index (χ4v) is 2.02. The summed E-state index contributed by atoms with van der Waals surface area (Å²) in [5, 5.41) is 14.1. The summed E-state index contributed by atoms with van der Waals surface area (Å²) < 4.78 is 0. The SMILES string of the molecule is Nc1cccc(C2CCCN2)c1[N+](=O)[O-]. The van der Waals surface area contributed by atoms with Crippen LogP contribution in [0.2, 0.25) is 0 Å². The van der Waals surface area contributed by atoms with Gasteiger partial charge in [0.2, 0.25) is 0 Å². The number of anilines is 1. The van der Waals surface area contributed by atoms with E-state index in [-0.39, 0.29) is 17.4 Å². The molecular weight excluding hydrogens is 194 g/mol. The maximum Gasteiger partial charge on any atom is 0.296 e. The van der Waals surface area contributed by atoms with Crippen molar-refractivity contribution in [3.8, 4) is 0 Å². The van der Waals surface area contributed by atoms with E-state index < -0.39 is 4.92 Å². The zero-order valence-corrected chi connectivity index (χ0v) is 8.27. The summed E-state index contributed by atoms with van der Waals surface area (Å²) in [5.74, 6) is 0. The number of hydrogen-bond donors (Lipinski definition) is 2. The normalized spacial score (nSPS) is 20.4. The number of nitrogen functional groups attached to an aromatic ring is 1. The van der Waals surface area contributed by atoms with E-state index in [2.05, 4.69) is 5.32 Å². The lowest BCUT2D eigenvalue weighted by Gasteiger charge is -2.11. The van der Waals surface area contributed by atoms with Crippen LogP contribution in [0.3, 0.4) is 0 Å². The number of para-hydroxylation sites is 1.